The van der Waals surface area contributed by atoms with Crippen LogP contribution in [0, 0.1) is 0 Å². The molecular formula is C27H26BrNO4. The number of aliphatic carboxylic acids is 1. The molecule has 0 radical (unpaired) electrons. The Morgan fingerprint density at radius 3 is 2.45 bits per heavy atom. The first-order valence-corrected chi connectivity index (χ1v) is 11.7. The van der Waals surface area contributed by atoms with Crippen LogP contribution in [0.3, 0.4) is 0 Å². The van der Waals surface area contributed by atoms with Crippen LogP contribution >= 0.6 is 15.9 Å². The van der Waals surface area contributed by atoms with Crippen molar-refractivity contribution >= 4 is 27.8 Å². The number of fused-ring (bicyclic) bond motifs is 1. The molecule has 1 N–H and O–H groups in total. The fraction of sp³-hybridized carbons (Fsp3) is 0.259. The summed E-state index contributed by atoms with van der Waals surface area (Å²) in [6.45, 7) is 2.08. The van der Waals surface area contributed by atoms with Crippen molar-refractivity contribution in [2.45, 2.75) is 31.8 Å². The zero-order chi connectivity index (χ0) is 23.4. The van der Waals surface area contributed by atoms with Gasteiger partial charge in [0.1, 0.15) is 17.9 Å². The molecule has 0 spiro atoms. The molecule has 5 nitrogen and oxygen atoms in total. The first-order chi connectivity index (χ1) is 15.8. The van der Waals surface area contributed by atoms with Gasteiger partial charge in [0.2, 0.25) is 0 Å². The second-order valence-corrected chi connectivity index (χ2v) is 9.63. The van der Waals surface area contributed by atoms with E-state index < -0.39 is 11.6 Å². The van der Waals surface area contributed by atoms with Crippen LogP contribution in [0.25, 0.3) is 0 Å². The summed E-state index contributed by atoms with van der Waals surface area (Å²) in [5.74, 6) is -0.527. The molecule has 1 unspecified atom stereocenters. The molecule has 1 heterocycles. The summed E-state index contributed by atoms with van der Waals surface area (Å²) in [7, 11) is 0. The highest BCUT2D eigenvalue weighted by molar-refractivity contribution is 9.10. The number of halogens is 1. The van der Waals surface area contributed by atoms with Gasteiger partial charge in [0.15, 0.2) is 0 Å². The third-order valence-corrected chi connectivity index (χ3v) is 6.37. The van der Waals surface area contributed by atoms with Crippen LogP contribution in [0.15, 0.2) is 77.3 Å². The largest absolute Gasteiger partial charge is 0.487 e. The molecule has 3 aromatic carbocycles. The van der Waals surface area contributed by atoms with Gasteiger partial charge in [0, 0.05) is 29.4 Å². The van der Waals surface area contributed by atoms with E-state index in [1.807, 2.05) is 54.6 Å². The minimum atomic E-state index is -1.03. The monoisotopic (exact) mass is 507 g/mol. The van der Waals surface area contributed by atoms with Crippen LogP contribution in [0.4, 0.5) is 0 Å². The SMILES string of the molecule is CC1(Cc2ccc(Br)cc2)Cc2cc(C(=O)N(CCc3ccccc3)CC(=O)O)ccc2O1. The topological polar surface area (TPSA) is 66.8 Å². The Kier molecular flexibility index (Phi) is 6.84. The summed E-state index contributed by atoms with van der Waals surface area (Å²) in [5, 5.41) is 9.34. The number of rotatable bonds is 8. The third-order valence-electron chi connectivity index (χ3n) is 5.85. The van der Waals surface area contributed by atoms with Gasteiger partial charge < -0.3 is 14.7 Å². The molecule has 0 bridgehead atoms. The van der Waals surface area contributed by atoms with Crippen LogP contribution < -0.4 is 4.74 Å². The minimum absolute atomic E-state index is 0.280. The van der Waals surface area contributed by atoms with E-state index in [1.165, 1.54) is 10.5 Å². The summed E-state index contributed by atoms with van der Waals surface area (Å²) >= 11 is 3.46. The third kappa shape index (κ3) is 5.82. The van der Waals surface area contributed by atoms with Crippen LogP contribution in [0.2, 0.25) is 0 Å². The number of hydrogen-bond acceptors (Lipinski definition) is 3. The molecule has 1 aliphatic rings. The lowest BCUT2D eigenvalue weighted by Gasteiger charge is -2.24. The maximum absolute atomic E-state index is 13.2. The van der Waals surface area contributed by atoms with Crippen molar-refractivity contribution < 1.29 is 19.4 Å². The Morgan fingerprint density at radius 2 is 1.76 bits per heavy atom. The zero-order valence-electron chi connectivity index (χ0n) is 18.5. The van der Waals surface area contributed by atoms with Crippen molar-refractivity contribution in [3.63, 3.8) is 0 Å². The number of amides is 1. The minimum Gasteiger partial charge on any atom is -0.487 e. The van der Waals surface area contributed by atoms with E-state index in [0.717, 1.165) is 27.8 Å². The smallest absolute Gasteiger partial charge is 0.323 e. The molecule has 33 heavy (non-hydrogen) atoms. The van der Waals surface area contributed by atoms with E-state index in [1.54, 1.807) is 6.07 Å². The molecule has 1 amide bonds. The maximum Gasteiger partial charge on any atom is 0.323 e. The quantitative estimate of drug-likeness (QED) is 0.457. The first kappa shape index (κ1) is 23.1. The number of carbonyl (C=O) groups is 2. The molecule has 170 valence electrons. The predicted octanol–water partition coefficient (Wildman–Crippen LogP) is 5.15. The molecule has 0 fully saturated rings. The Balaban J connectivity index is 1.48. The van der Waals surface area contributed by atoms with Gasteiger partial charge in [-0.05, 0) is 60.4 Å². The first-order valence-electron chi connectivity index (χ1n) is 10.9. The summed E-state index contributed by atoms with van der Waals surface area (Å²) in [4.78, 5) is 26.0. The van der Waals surface area contributed by atoms with Crippen LogP contribution in [-0.2, 0) is 24.1 Å². The van der Waals surface area contributed by atoms with Crippen LogP contribution in [0.1, 0.15) is 34.0 Å². The maximum atomic E-state index is 13.2. The van der Waals surface area contributed by atoms with Crippen molar-refractivity contribution in [2.75, 3.05) is 13.1 Å². The van der Waals surface area contributed by atoms with E-state index in [4.69, 9.17) is 4.74 Å². The van der Waals surface area contributed by atoms with Gasteiger partial charge in [-0.3, -0.25) is 9.59 Å². The molecule has 0 aromatic heterocycles. The number of carboxylic acid groups (broad SMARTS) is 1. The number of carbonyl (C=O) groups excluding carboxylic acids is 1. The van der Waals surface area contributed by atoms with Crippen molar-refractivity contribution in [3.05, 3.63) is 99.5 Å². The summed E-state index contributed by atoms with van der Waals surface area (Å²) < 4.78 is 7.30. The Morgan fingerprint density at radius 1 is 1.03 bits per heavy atom. The molecule has 1 atom stereocenters. The average Bonchev–Trinajstić information content (AvgIpc) is 3.13. The second-order valence-electron chi connectivity index (χ2n) is 8.71. The molecule has 6 heteroatoms. The molecule has 1 aliphatic heterocycles. The van der Waals surface area contributed by atoms with Crippen LogP contribution in [-0.4, -0.2) is 40.6 Å². The number of benzene rings is 3. The van der Waals surface area contributed by atoms with Gasteiger partial charge in [-0.25, -0.2) is 0 Å². The number of carboxylic acids is 1. The van der Waals surface area contributed by atoms with Gasteiger partial charge in [0.25, 0.3) is 5.91 Å². The van der Waals surface area contributed by atoms with Crippen molar-refractivity contribution in [1.29, 1.82) is 0 Å². The fourth-order valence-corrected chi connectivity index (χ4v) is 4.56. The fourth-order valence-electron chi connectivity index (χ4n) is 4.29. The lowest BCUT2D eigenvalue weighted by molar-refractivity contribution is -0.137. The highest BCUT2D eigenvalue weighted by Gasteiger charge is 2.35. The number of hydrogen-bond donors (Lipinski definition) is 1. The Labute approximate surface area is 202 Å². The Hall–Kier alpha value is -3.12. The van der Waals surface area contributed by atoms with E-state index in [2.05, 4.69) is 35.0 Å². The molecule has 0 saturated carbocycles. The highest BCUT2D eigenvalue weighted by Crippen LogP contribution is 2.37. The molecule has 0 saturated heterocycles. The standard InChI is InChI=1S/C27H26BrNO4/c1-27(16-20-7-10-23(28)11-8-20)17-22-15-21(9-12-24(22)33-27)26(32)29(18-25(30)31)14-13-19-5-3-2-4-6-19/h2-12,15H,13-14,16-18H2,1H3,(H,30,31). The number of ether oxygens (including phenoxy) is 1. The summed E-state index contributed by atoms with van der Waals surface area (Å²) in [6, 6.07) is 23.3. The van der Waals surface area contributed by atoms with Gasteiger partial charge in [-0.1, -0.05) is 58.4 Å². The Bertz CT molecular complexity index is 1150. The summed E-state index contributed by atoms with van der Waals surface area (Å²) in [6.07, 6.45) is 2.03. The van der Waals surface area contributed by atoms with Gasteiger partial charge in [-0.2, -0.15) is 0 Å². The van der Waals surface area contributed by atoms with Gasteiger partial charge in [-0.15, -0.1) is 0 Å². The highest BCUT2D eigenvalue weighted by atomic mass is 79.9. The van der Waals surface area contributed by atoms with Crippen molar-refractivity contribution in [3.8, 4) is 5.75 Å². The van der Waals surface area contributed by atoms with E-state index >= 15 is 0 Å². The lowest BCUT2D eigenvalue weighted by atomic mass is 9.91. The summed E-state index contributed by atoms with van der Waals surface area (Å²) in [5.41, 5.74) is 3.30. The molecular weight excluding hydrogens is 482 g/mol. The molecule has 4 rings (SSSR count). The van der Waals surface area contributed by atoms with E-state index in [0.29, 0.717) is 24.9 Å². The normalized spacial score (nSPS) is 16.7. The van der Waals surface area contributed by atoms with Crippen LogP contribution in [0.5, 0.6) is 5.75 Å². The zero-order valence-corrected chi connectivity index (χ0v) is 20.0. The average molecular weight is 508 g/mol. The van der Waals surface area contributed by atoms with Crippen molar-refractivity contribution in [1.82, 2.24) is 4.90 Å². The van der Waals surface area contributed by atoms with E-state index in [-0.39, 0.29) is 12.5 Å². The molecule has 0 aliphatic carbocycles. The second kappa shape index (κ2) is 9.79. The lowest BCUT2D eigenvalue weighted by Crippen LogP contribution is -2.37. The van der Waals surface area contributed by atoms with Gasteiger partial charge >= 0.3 is 5.97 Å². The van der Waals surface area contributed by atoms with Gasteiger partial charge in [0.05, 0.1) is 0 Å². The predicted molar refractivity (Wildman–Crippen MR) is 131 cm³/mol. The number of nitrogens with zero attached hydrogens (tertiary/aromatic N) is 1. The molecule has 3 aromatic rings. The van der Waals surface area contributed by atoms with E-state index in [9.17, 15) is 14.7 Å². The van der Waals surface area contributed by atoms with Crippen molar-refractivity contribution in [2.24, 2.45) is 0 Å².